The summed E-state index contributed by atoms with van der Waals surface area (Å²) in [7, 11) is 1.28. The molecular formula is C17H23N3O3. The molecule has 23 heavy (non-hydrogen) atoms. The number of benzene rings is 1. The van der Waals surface area contributed by atoms with Crippen LogP contribution >= 0.6 is 0 Å². The van der Waals surface area contributed by atoms with Crippen molar-refractivity contribution in [2.24, 2.45) is 5.92 Å². The lowest BCUT2D eigenvalue weighted by Crippen LogP contribution is -2.48. The number of rotatable bonds is 6. The third-order valence-corrected chi connectivity index (χ3v) is 3.58. The Morgan fingerprint density at radius 2 is 2.00 bits per heavy atom. The van der Waals surface area contributed by atoms with Crippen LogP contribution in [0.4, 0.5) is 4.79 Å². The van der Waals surface area contributed by atoms with Crippen LogP contribution in [-0.4, -0.2) is 36.7 Å². The summed E-state index contributed by atoms with van der Waals surface area (Å²) in [6, 6.07) is 7.17. The molecule has 1 heterocycles. The number of amides is 2. The summed E-state index contributed by atoms with van der Waals surface area (Å²) >= 11 is 0. The number of ether oxygens (including phenoxy) is 1. The fourth-order valence-electron chi connectivity index (χ4n) is 2.36. The second-order valence-electron chi connectivity index (χ2n) is 5.89. The number of fused-ring (bicyclic) bond motifs is 1. The van der Waals surface area contributed by atoms with E-state index in [9.17, 15) is 9.59 Å². The first-order valence-corrected chi connectivity index (χ1v) is 7.68. The highest BCUT2D eigenvalue weighted by molar-refractivity contribution is 5.88. The molecule has 0 radical (unpaired) electrons. The fourth-order valence-corrected chi connectivity index (χ4v) is 2.36. The SMILES string of the molecule is COC(=O)N[C@@H](Cc1c[nH]c2ccccc12)C(=O)NCC(C)C. The Bertz CT molecular complexity index is 679. The second kappa shape index (κ2) is 7.67. The molecule has 2 rings (SSSR count). The summed E-state index contributed by atoms with van der Waals surface area (Å²) in [4.78, 5) is 27.1. The van der Waals surface area contributed by atoms with Gasteiger partial charge in [-0.25, -0.2) is 4.79 Å². The van der Waals surface area contributed by atoms with Crippen LogP contribution in [0.1, 0.15) is 19.4 Å². The van der Waals surface area contributed by atoms with Crippen molar-refractivity contribution in [2.45, 2.75) is 26.3 Å². The van der Waals surface area contributed by atoms with E-state index in [0.29, 0.717) is 18.9 Å². The second-order valence-corrected chi connectivity index (χ2v) is 5.89. The summed E-state index contributed by atoms with van der Waals surface area (Å²) in [5.41, 5.74) is 1.98. The molecule has 0 unspecified atom stereocenters. The molecule has 124 valence electrons. The van der Waals surface area contributed by atoms with Crippen molar-refractivity contribution in [3.63, 3.8) is 0 Å². The van der Waals surface area contributed by atoms with Crippen molar-refractivity contribution in [3.05, 3.63) is 36.0 Å². The van der Waals surface area contributed by atoms with Crippen LogP contribution in [0.25, 0.3) is 10.9 Å². The van der Waals surface area contributed by atoms with Crippen LogP contribution in [0.3, 0.4) is 0 Å². The molecule has 0 bridgehead atoms. The molecule has 0 spiro atoms. The summed E-state index contributed by atoms with van der Waals surface area (Å²) in [5, 5.41) is 6.50. The Balaban J connectivity index is 2.16. The van der Waals surface area contributed by atoms with E-state index in [0.717, 1.165) is 16.5 Å². The van der Waals surface area contributed by atoms with Gasteiger partial charge in [0, 0.05) is 30.1 Å². The van der Waals surface area contributed by atoms with E-state index in [1.165, 1.54) is 7.11 Å². The van der Waals surface area contributed by atoms with Gasteiger partial charge in [0.25, 0.3) is 0 Å². The highest BCUT2D eigenvalue weighted by atomic mass is 16.5. The van der Waals surface area contributed by atoms with Gasteiger partial charge >= 0.3 is 6.09 Å². The highest BCUT2D eigenvalue weighted by Gasteiger charge is 2.22. The summed E-state index contributed by atoms with van der Waals surface area (Å²) in [6.07, 6.45) is 1.64. The Hall–Kier alpha value is -2.50. The molecule has 3 N–H and O–H groups in total. The summed E-state index contributed by atoms with van der Waals surface area (Å²) in [5.74, 6) is 0.125. The van der Waals surface area contributed by atoms with Gasteiger partial charge in [0.1, 0.15) is 6.04 Å². The van der Waals surface area contributed by atoms with E-state index >= 15 is 0 Å². The molecule has 0 fully saturated rings. The third kappa shape index (κ3) is 4.48. The van der Waals surface area contributed by atoms with E-state index in [2.05, 4.69) is 20.4 Å². The number of hydrogen-bond acceptors (Lipinski definition) is 3. The largest absolute Gasteiger partial charge is 0.453 e. The predicted molar refractivity (Wildman–Crippen MR) is 89.2 cm³/mol. The minimum absolute atomic E-state index is 0.214. The maximum atomic E-state index is 12.4. The lowest BCUT2D eigenvalue weighted by atomic mass is 10.0. The number of aromatic amines is 1. The van der Waals surface area contributed by atoms with Gasteiger partial charge in [0.05, 0.1) is 7.11 Å². The number of para-hydroxylation sites is 1. The van der Waals surface area contributed by atoms with E-state index in [4.69, 9.17) is 0 Å². The number of methoxy groups -OCH3 is 1. The zero-order chi connectivity index (χ0) is 16.8. The van der Waals surface area contributed by atoms with Crippen molar-refractivity contribution in [2.75, 3.05) is 13.7 Å². The first-order valence-electron chi connectivity index (χ1n) is 7.68. The van der Waals surface area contributed by atoms with Crippen LogP contribution in [0, 0.1) is 5.92 Å². The topological polar surface area (TPSA) is 83.2 Å². The van der Waals surface area contributed by atoms with Crippen LogP contribution in [0.2, 0.25) is 0 Å². The average molecular weight is 317 g/mol. The minimum atomic E-state index is -0.680. The first-order chi connectivity index (χ1) is 11.0. The van der Waals surface area contributed by atoms with Crippen LogP contribution in [0.5, 0.6) is 0 Å². The summed E-state index contributed by atoms with van der Waals surface area (Å²) in [6.45, 7) is 4.59. The van der Waals surface area contributed by atoms with Crippen LogP contribution in [0.15, 0.2) is 30.5 Å². The number of nitrogens with one attached hydrogen (secondary N) is 3. The van der Waals surface area contributed by atoms with Gasteiger partial charge in [-0.1, -0.05) is 32.0 Å². The van der Waals surface area contributed by atoms with Gasteiger partial charge in [-0.2, -0.15) is 0 Å². The van der Waals surface area contributed by atoms with E-state index in [1.54, 1.807) is 0 Å². The Kier molecular flexibility index (Phi) is 5.62. The molecule has 2 amide bonds. The molecule has 0 aliphatic rings. The highest BCUT2D eigenvalue weighted by Crippen LogP contribution is 2.19. The lowest BCUT2D eigenvalue weighted by Gasteiger charge is -2.18. The predicted octanol–water partition coefficient (Wildman–Crippen LogP) is 2.21. The zero-order valence-corrected chi connectivity index (χ0v) is 13.7. The number of H-pyrrole nitrogens is 1. The summed E-state index contributed by atoms with van der Waals surface area (Å²) < 4.78 is 4.63. The Morgan fingerprint density at radius 1 is 1.26 bits per heavy atom. The standard InChI is InChI=1S/C17H23N3O3/c1-11(2)9-19-16(21)15(20-17(22)23-3)8-12-10-18-14-7-5-4-6-13(12)14/h4-7,10-11,15,18H,8-9H2,1-3H3,(H,19,21)(H,20,22)/t15-/m0/s1. The number of alkyl carbamates (subject to hydrolysis) is 1. The molecule has 0 aliphatic heterocycles. The number of hydrogen-bond donors (Lipinski definition) is 3. The third-order valence-electron chi connectivity index (χ3n) is 3.58. The van der Waals surface area contributed by atoms with Gasteiger partial charge < -0.3 is 20.4 Å². The smallest absolute Gasteiger partial charge is 0.407 e. The van der Waals surface area contributed by atoms with Gasteiger partial charge in [0.15, 0.2) is 0 Å². The average Bonchev–Trinajstić information content (AvgIpc) is 2.95. The lowest BCUT2D eigenvalue weighted by molar-refractivity contribution is -0.123. The zero-order valence-electron chi connectivity index (χ0n) is 13.7. The van der Waals surface area contributed by atoms with Gasteiger partial charge in [0.2, 0.25) is 5.91 Å². The quantitative estimate of drug-likeness (QED) is 0.764. The fraction of sp³-hybridized carbons (Fsp3) is 0.412. The molecule has 0 saturated heterocycles. The Labute approximate surface area is 135 Å². The number of carbonyl (C=O) groups is 2. The molecule has 2 aromatic rings. The molecule has 0 aliphatic carbocycles. The van der Waals surface area contributed by atoms with Crippen LogP contribution in [-0.2, 0) is 16.0 Å². The molecular weight excluding hydrogens is 294 g/mol. The normalized spacial score (nSPS) is 12.2. The minimum Gasteiger partial charge on any atom is -0.453 e. The van der Waals surface area contributed by atoms with Gasteiger partial charge in [-0.3, -0.25) is 4.79 Å². The maximum absolute atomic E-state index is 12.4. The van der Waals surface area contributed by atoms with Gasteiger partial charge in [-0.05, 0) is 17.5 Å². The molecule has 6 heteroatoms. The molecule has 1 aromatic heterocycles. The molecule has 0 saturated carbocycles. The van der Waals surface area contributed by atoms with E-state index < -0.39 is 12.1 Å². The number of aromatic nitrogens is 1. The Morgan fingerprint density at radius 3 is 2.70 bits per heavy atom. The van der Waals surface area contributed by atoms with Crippen molar-refractivity contribution in [3.8, 4) is 0 Å². The first kappa shape index (κ1) is 16.9. The van der Waals surface area contributed by atoms with Crippen molar-refractivity contribution in [1.82, 2.24) is 15.6 Å². The monoisotopic (exact) mass is 317 g/mol. The van der Waals surface area contributed by atoms with Crippen molar-refractivity contribution >= 4 is 22.9 Å². The van der Waals surface area contributed by atoms with Gasteiger partial charge in [-0.15, -0.1) is 0 Å². The van der Waals surface area contributed by atoms with Crippen LogP contribution < -0.4 is 10.6 Å². The number of carbonyl (C=O) groups excluding carboxylic acids is 2. The van der Waals surface area contributed by atoms with Crippen molar-refractivity contribution < 1.29 is 14.3 Å². The maximum Gasteiger partial charge on any atom is 0.407 e. The molecule has 1 aromatic carbocycles. The van der Waals surface area contributed by atoms with E-state index in [1.807, 2.05) is 44.3 Å². The molecule has 6 nitrogen and oxygen atoms in total. The molecule has 1 atom stereocenters. The van der Waals surface area contributed by atoms with Crippen molar-refractivity contribution in [1.29, 1.82) is 0 Å². The van der Waals surface area contributed by atoms with E-state index in [-0.39, 0.29) is 5.91 Å².